The average Bonchev–Trinajstić information content (AvgIpc) is 2.57. The van der Waals surface area contributed by atoms with E-state index in [1.54, 1.807) is 0 Å². The van der Waals surface area contributed by atoms with E-state index in [9.17, 15) is 22.8 Å². The van der Waals surface area contributed by atoms with Crippen LogP contribution in [0.3, 0.4) is 0 Å². The fourth-order valence-electron chi connectivity index (χ4n) is 2.02. The minimum absolute atomic E-state index is 0.0326. The first-order valence-corrected chi connectivity index (χ1v) is 8.43. The molecule has 25 heavy (non-hydrogen) atoms. The van der Waals surface area contributed by atoms with Crippen molar-refractivity contribution in [2.45, 2.75) is 11.3 Å². The van der Waals surface area contributed by atoms with Crippen LogP contribution in [0.5, 0.6) is 5.75 Å². The van der Waals surface area contributed by atoms with Crippen LogP contribution in [0.1, 0.15) is 5.56 Å². The lowest BCUT2D eigenvalue weighted by molar-refractivity contribution is -0.139. The summed E-state index contributed by atoms with van der Waals surface area (Å²) in [6, 6.07) is 5.70. The monoisotopic (exact) mass is 368 g/mol. The second kappa shape index (κ2) is 6.93. The number of carbonyl (C=O) groups excluding carboxylic acids is 1. The van der Waals surface area contributed by atoms with Gasteiger partial charge in [0.05, 0.1) is 13.5 Å². The largest absolute Gasteiger partial charge is 0.469 e. The molecule has 9 nitrogen and oxygen atoms in total. The number of esters is 1. The number of nitrogens with zero attached hydrogens (tertiary/aromatic N) is 2. The first-order chi connectivity index (χ1) is 11.7. The van der Waals surface area contributed by atoms with Crippen LogP contribution in [0.15, 0.2) is 44.9 Å². The highest BCUT2D eigenvalue weighted by Crippen LogP contribution is 2.17. The third-order valence-corrected chi connectivity index (χ3v) is 4.62. The van der Waals surface area contributed by atoms with Gasteiger partial charge in [0.25, 0.3) is 5.56 Å². The molecule has 0 bridgehead atoms. The minimum atomic E-state index is -4.43. The van der Waals surface area contributed by atoms with Crippen LogP contribution in [0.4, 0.5) is 0 Å². The van der Waals surface area contributed by atoms with Crippen LogP contribution in [0.25, 0.3) is 0 Å². The molecule has 0 fully saturated rings. The Morgan fingerprint density at radius 1 is 1.12 bits per heavy atom. The molecule has 0 N–H and O–H groups in total. The number of carbonyl (C=O) groups is 1. The Hall–Kier alpha value is -2.88. The number of benzene rings is 1. The van der Waals surface area contributed by atoms with Crippen molar-refractivity contribution >= 4 is 16.1 Å². The molecule has 10 heteroatoms. The van der Waals surface area contributed by atoms with E-state index in [0.717, 1.165) is 10.8 Å². The van der Waals surface area contributed by atoms with E-state index < -0.39 is 32.2 Å². The van der Waals surface area contributed by atoms with Crippen molar-refractivity contribution in [3.63, 3.8) is 0 Å². The highest BCUT2D eigenvalue weighted by Gasteiger charge is 2.23. The van der Waals surface area contributed by atoms with Crippen LogP contribution in [-0.4, -0.2) is 30.6 Å². The van der Waals surface area contributed by atoms with Crippen molar-refractivity contribution in [3.8, 4) is 5.75 Å². The predicted molar refractivity (Wildman–Crippen MR) is 86.9 cm³/mol. The van der Waals surface area contributed by atoms with E-state index >= 15 is 0 Å². The Kier molecular flexibility index (Phi) is 5.12. The van der Waals surface area contributed by atoms with Crippen molar-refractivity contribution in [1.29, 1.82) is 0 Å². The van der Waals surface area contributed by atoms with Gasteiger partial charge in [0, 0.05) is 20.3 Å². The van der Waals surface area contributed by atoms with Crippen LogP contribution in [0.2, 0.25) is 0 Å². The quantitative estimate of drug-likeness (QED) is 0.519. The molecular weight excluding hydrogens is 352 g/mol. The molecule has 0 aliphatic heterocycles. The Morgan fingerprint density at radius 2 is 1.72 bits per heavy atom. The number of aromatic nitrogens is 2. The molecule has 0 atom stereocenters. The summed E-state index contributed by atoms with van der Waals surface area (Å²) in [5.41, 5.74) is -1.03. The van der Waals surface area contributed by atoms with Crippen LogP contribution in [0, 0.1) is 0 Å². The van der Waals surface area contributed by atoms with E-state index in [-0.39, 0.29) is 12.2 Å². The average molecular weight is 368 g/mol. The lowest BCUT2D eigenvalue weighted by Gasteiger charge is -2.09. The van der Waals surface area contributed by atoms with Crippen molar-refractivity contribution in [1.82, 2.24) is 9.13 Å². The number of rotatable bonds is 5. The fraction of sp³-hybridized carbons (Fsp3) is 0.267. The van der Waals surface area contributed by atoms with Gasteiger partial charge in [-0.25, -0.2) is 4.79 Å². The van der Waals surface area contributed by atoms with Crippen molar-refractivity contribution in [2.75, 3.05) is 7.11 Å². The summed E-state index contributed by atoms with van der Waals surface area (Å²) in [7, 11) is -0.673. The number of methoxy groups -OCH3 is 1. The smallest absolute Gasteiger partial charge is 0.346 e. The molecule has 2 rings (SSSR count). The second-order valence-electron chi connectivity index (χ2n) is 5.19. The molecule has 0 radical (unpaired) electrons. The van der Waals surface area contributed by atoms with Gasteiger partial charge in [0.1, 0.15) is 5.75 Å². The molecule has 1 heterocycles. The van der Waals surface area contributed by atoms with Gasteiger partial charge in [-0.3, -0.25) is 14.2 Å². The van der Waals surface area contributed by atoms with Gasteiger partial charge in [-0.15, -0.1) is 0 Å². The van der Waals surface area contributed by atoms with Crippen molar-refractivity contribution < 1.29 is 22.1 Å². The summed E-state index contributed by atoms with van der Waals surface area (Å²) in [5.74, 6) is -0.473. The molecule has 0 aliphatic rings. The highest BCUT2D eigenvalue weighted by molar-refractivity contribution is 7.87. The van der Waals surface area contributed by atoms with Gasteiger partial charge in [-0.05, 0) is 17.7 Å². The lowest BCUT2D eigenvalue weighted by atomic mass is 10.1. The zero-order valence-corrected chi connectivity index (χ0v) is 14.6. The number of hydrogen-bond donors (Lipinski definition) is 0. The minimum Gasteiger partial charge on any atom is -0.469 e. The van der Waals surface area contributed by atoms with E-state index in [2.05, 4.69) is 4.74 Å². The van der Waals surface area contributed by atoms with Crippen LogP contribution >= 0.6 is 0 Å². The molecule has 1 aromatic heterocycles. The first kappa shape index (κ1) is 18.5. The van der Waals surface area contributed by atoms with E-state index in [1.165, 1.54) is 45.5 Å². The molecule has 0 saturated carbocycles. The molecule has 0 amide bonds. The number of aryl methyl sites for hydroxylation is 1. The SMILES string of the molecule is COC(=O)Cc1ccc(OS(=O)(=O)c2cn(C)c(=O)n(C)c2=O)cc1. The zero-order chi connectivity index (χ0) is 18.8. The Balaban J connectivity index is 2.32. The Morgan fingerprint density at radius 3 is 2.28 bits per heavy atom. The standard InChI is InChI=1S/C15H16N2O7S/c1-16-9-12(14(19)17(2)15(16)20)25(21,22)24-11-6-4-10(5-7-11)8-13(18)23-3/h4-7,9H,8H2,1-3H3. The number of hydrogen-bond acceptors (Lipinski definition) is 7. The topological polar surface area (TPSA) is 114 Å². The van der Waals surface area contributed by atoms with Gasteiger partial charge in [0.2, 0.25) is 0 Å². The first-order valence-electron chi connectivity index (χ1n) is 7.02. The summed E-state index contributed by atoms with van der Waals surface area (Å²) >= 11 is 0. The second-order valence-corrected chi connectivity index (χ2v) is 6.70. The lowest BCUT2D eigenvalue weighted by Crippen LogP contribution is -2.39. The maximum absolute atomic E-state index is 12.3. The zero-order valence-electron chi connectivity index (χ0n) is 13.8. The van der Waals surface area contributed by atoms with Gasteiger partial charge in [0.15, 0.2) is 4.90 Å². The van der Waals surface area contributed by atoms with Gasteiger partial charge < -0.3 is 13.5 Å². The number of ether oxygens (including phenoxy) is 1. The summed E-state index contributed by atoms with van der Waals surface area (Å²) in [6.07, 6.45) is 0.941. The molecule has 1 aromatic carbocycles. The maximum Gasteiger partial charge on any atom is 0.346 e. The van der Waals surface area contributed by atoms with Crippen LogP contribution in [-0.2, 0) is 40.2 Å². The van der Waals surface area contributed by atoms with E-state index in [1.807, 2.05) is 0 Å². The molecule has 134 valence electrons. The van der Waals surface area contributed by atoms with E-state index in [4.69, 9.17) is 4.18 Å². The molecule has 0 unspecified atom stereocenters. The summed E-state index contributed by atoms with van der Waals surface area (Å²) in [4.78, 5) is 34.2. The summed E-state index contributed by atoms with van der Waals surface area (Å²) in [5, 5.41) is 0. The Labute approximate surface area is 143 Å². The van der Waals surface area contributed by atoms with E-state index in [0.29, 0.717) is 10.1 Å². The van der Waals surface area contributed by atoms with Crippen molar-refractivity contribution in [3.05, 3.63) is 56.9 Å². The molecule has 0 saturated heterocycles. The third-order valence-electron chi connectivity index (χ3n) is 3.39. The normalized spacial score (nSPS) is 11.2. The Bertz CT molecular complexity index is 1020. The predicted octanol–water partition coefficient (Wildman–Crippen LogP) is -0.433. The van der Waals surface area contributed by atoms with Crippen molar-refractivity contribution in [2.24, 2.45) is 14.1 Å². The summed E-state index contributed by atoms with van der Waals surface area (Å²) < 4.78 is 35.8. The fourth-order valence-corrected chi connectivity index (χ4v) is 3.11. The van der Waals surface area contributed by atoms with Gasteiger partial charge >= 0.3 is 21.8 Å². The van der Waals surface area contributed by atoms with Crippen LogP contribution < -0.4 is 15.4 Å². The molecule has 2 aromatic rings. The molecule has 0 aliphatic carbocycles. The highest BCUT2D eigenvalue weighted by atomic mass is 32.2. The summed E-state index contributed by atoms with van der Waals surface area (Å²) in [6.45, 7) is 0. The van der Waals surface area contributed by atoms with Gasteiger partial charge in [-0.2, -0.15) is 8.42 Å². The molecule has 0 spiro atoms. The van der Waals surface area contributed by atoms with Gasteiger partial charge in [-0.1, -0.05) is 12.1 Å². The maximum atomic E-state index is 12.3. The third kappa shape index (κ3) is 3.97. The molecular formula is C15H16N2O7S.